The fourth-order valence-corrected chi connectivity index (χ4v) is 1.71. The Hall–Kier alpha value is -1.26. The highest BCUT2D eigenvalue weighted by Crippen LogP contribution is 2.30. The van der Waals surface area contributed by atoms with Crippen molar-refractivity contribution >= 4 is 0 Å². The molecule has 1 rings (SSSR count). The first-order chi connectivity index (χ1) is 8.33. The number of nitrogens with two attached hydrogens (primary N) is 1. The Labute approximate surface area is 103 Å². The van der Waals surface area contributed by atoms with Gasteiger partial charge in [-0.1, -0.05) is 12.1 Å². The van der Waals surface area contributed by atoms with E-state index >= 15 is 0 Å². The molecule has 0 heterocycles. The van der Waals surface area contributed by atoms with Crippen LogP contribution in [0.2, 0.25) is 0 Å². The van der Waals surface area contributed by atoms with Crippen LogP contribution in [0.4, 0.5) is 0 Å². The Morgan fingerprint density at radius 3 is 2.65 bits per heavy atom. The zero-order valence-electron chi connectivity index (χ0n) is 10.7. The van der Waals surface area contributed by atoms with Gasteiger partial charge in [0.2, 0.25) is 0 Å². The van der Waals surface area contributed by atoms with Crippen molar-refractivity contribution in [2.75, 3.05) is 27.3 Å². The van der Waals surface area contributed by atoms with Crippen molar-refractivity contribution in [2.45, 2.75) is 19.4 Å². The molecule has 3 N–H and O–H groups in total. The van der Waals surface area contributed by atoms with Crippen molar-refractivity contribution in [1.82, 2.24) is 5.32 Å². The summed E-state index contributed by atoms with van der Waals surface area (Å²) in [5.74, 6) is 1.58. The second kappa shape index (κ2) is 7.92. The van der Waals surface area contributed by atoms with Crippen molar-refractivity contribution in [1.29, 1.82) is 0 Å². The van der Waals surface area contributed by atoms with Crippen LogP contribution in [0.5, 0.6) is 11.5 Å². The predicted octanol–water partition coefficient (Wildman–Crippen LogP) is 1.53. The minimum Gasteiger partial charge on any atom is -0.493 e. The third-order valence-electron chi connectivity index (χ3n) is 2.61. The van der Waals surface area contributed by atoms with Gasteiger partial charge in [0.25, 0.3) is 0 Å². The molecule has 0 aliphatic carbocycles. The van der Waals surface area contributed by atoms with E-state index < -0.39 is 0 Å². The fraction of sp³-hybridized carbons (Fsp3) is 0.538. The highest BCUT2D eigenvalue weighted by atomic mass is 16.5. The van der Waals surface area contributed by atoms with Crippen LogP contribution in [0.3, 0.4) is 0 Å². The lowest BCUT2D eigenvalue weighted by Crippen LogP contribution is -2.16. The van der Waals surface area contributed by atoms with Crippen LogP contribution in [0.25, 0.3) is 0 Å². The number of unbranched alkanes of at least 4 members (excludes halogenated alkanes) is 1. The molecule has 0 saturated heterocycles. The summed E-state index contributed by atoms with van der Waals surface area (Å²) in [6, 6.07) is 5.91. The van der Waals surface area contributed by atoms with Gasteiger partial charge in [-0.2, -0.15) is 0 Å². The molecule has 0 radical (unpaired) electrons. The van der Waals surface area contributed by atoms with E-state index in [1.807, 2.05) is 18.2 Å². The van der Waals surface area contributed by atoms with Crippen LogP contribution in [0, 0.1) is 0 Å². The average Bonchev–Trinajstić information content (AvgIpc) is 2.38. The third-order valence-corrected chi connectivity index (χ3v) is 2.61. The molecule has 4 nitrogen and oxygen atoms in total. The molecule has 4 heteroatoms. The van der Waals surface area contributed by atoms with Gasteiger partial charge in [-0.05, 0) is 32.0 Å². The first kappa shape index (κ1) is 13.8. The molecule has 0 aromatic heterocycles. The largest absolute Gasteiger partial charge is 0.493 e. The summed E-state index contributed by atoms with van der Waals surface area (Å²) in [7, 11) is 3.31. The fourth-order valence-electron chi connectivity index (χ4n) is 1.71. The highest BCUT2D eigenvalue weighted by Gasteiger charge is 2.08. The van der Waals surface area contributed by atoms with Crippen molar-refractivity contribution < 1.29 is 9.47 Å². The van der Waals surface area contributed by atoms with E-state index in [9.17, 15) is 0 Å². The first-order valence-corrected chi connectivity index (χ1v) is 5.94. The van der Waals surface area contributed by atoms with Gasteiger partial charge in [0.05, 0.1) is 14.2 Å². The van der Waals surface area contributed by atoms with Gasteiger partial charge >= 0.3 is 0 Å². The van der Waals surface area contributed by atoms with Crippen LogP contribution < -0.4 is 20.5 Å². The van der Waals surface area contributed by atoms with Crippen LogP contribution in [0.1, 0.15) is 18.4 Å². The van der Waals surface area contributed by atoms with E-state index in [0.717, 1.165) is 49.5 Å². The summed E-state index contributed by atoms with van der Waals surface area (Å²) in [6.45, 7) is 2.51. The molecule has 0 aliphatic rings. The summed E-state index contributed by atoms with van der Waals surface area (Å²) in [5, 5.41) is 3.37. The van der Waals surface area contributed by atoms with Crippen LogP contribution >= 0.6 is 0 Å². The van der Waals surface area contributed by atoms with Gasteiger partial charge in [0.15, 0.2) is 11.5 Å². The lowest BCUT2D eigenvalue weighted by Gasteiger charge is -2.13. The number of hydrogen-bond donors (Lipinski definition) is 2. The van der Waals surface area contributed by atoms with E-state index in [0.29, 0.717) is 0 Å². The number of ether oxygens (including phenoxy) is 2. The normalized spacial score (nSPS) is 10.3. The van der Waals surface area contributed by atoms with Crippen LogP contribution in [-0.4, -0.2) is 27.3 Å². The van der Waals surface area contributed by atoms with Gasteiger partial charge in [-0.3, -0.25) is 0 Å². The molecule has 0 fully saturated rings. The van der Waals surface area contributed by atoms with Gasteiger partial charge in [0.1, 0.15) is 0 Å². The van der Waals surface area contributed by atoms with E-state index in [-0.39, 0.29) is 0 Å². The summed E-state index contributed by atoms with van der Waals surface area (Å²) in [5.41, 5.74) is 6.55. The molecule has 17 heavy (non-hydrogen) atoms. The minimum absolute atomic E-state index is 0.754. The maximum absolute atomic E-state index is 5.44. The Kier molecular flexibility index (Phi) is 6.43. The number of hydrogen-bond acceptors (Lipinski definition) is 4. The van der Waals surface area contributed by atoms with E-state index in [4.69, 9.17) is 15.2 Å². The standard InChI is InChI=1S/C13H22N2O2/c1-16-12-7-5-6-11(13(12)17-2)10-15-9-4-3-8-14/h5-7,15H,3-4,8-10,14H2,1-2H3. The predicted molar refractivity (Wildman–Crippen MR) is 69.5 cm³/mol. The zero-order chi connectivity index (χ0) is 12.5. The zero-order valence-corrected chi connectivity index (χ0v) is 10.7. The van der Waals surface area contributed by atoms with Gasteiger partial charge in [-0.25, -0.2) is 0 Å². The quantitative estimate of drug-likeness (QED) is 0.674. The average molecular weight is 238 g/mol. The van der Waals surface area contributed by atoms with Crippen molar-refractivity contribution in [3.63, 3.8) is 0 Å². The van der Waals surface area contributed by atoms with E-state index in [1.54, 1.807) is 14.2 Å². The van der Waals surface area contributed by atoms with Crippen molar-refractivity contribution in [3.8, 4) is 11.5 Å². The molecule has 1 aromatic carbocycles. The summed E-state index contributed by atoms with van der Waals surface area (Å²) < 4.78 is 10.6. The maximum atomic E-state index is 5.44. The lowest BCUT2D eigenvalue weighted by molar-refractivity contribution is 0.350. The number of methoxy groups -OCH3 is 2. The molecule has 0 spiro atoms. The minimum atomic E-state index is 0.754. The summed E-state index contributed by atoms with van der Waals surface area (Å²) >= 11 is 0. The molecule has 0 amide bonds. The number of nitrogens with one attached hydrogen (secondary N) is 1. The van der Waals surface area contributed by atoms with E-state index in [2.05, 4.69) is 5.32 Å². The Bertz CT molecular complexity index is 329. The Balaban J connectivity index is 2.52. The summed E-state index contributed by atoms with van der Waals surface area (Å²) in [4.78, 5) is 0. The SMILES string of the molecule is COc1cccc(CNCCCCN)c1OC. The molecule has 0 aliphatic heterocycles. The Morgan fingerprint density at radius 1 is 1.18 bits per heavy atom. The molecule has 0 unspecified atom stereocenters. The van der Waals surface area contributed by atoms with Crippen molar-refractivity contribution in [3.05, 3.63) is 23.8 Å². The molecule has 0 bridgehead atoms. The molecule has 0 saturated carbocycles. The maximum Gasteiger partial charge on any atom is 0.165 e. The number of rotatable bonds is 8. The smallest absolute Gasteiger partial charge is 0.165 e. The molecule has 96 valence electrons. The van der Waals surface area contributed by atoms with Crippen LogP contribution in [0.15, 0.2) is 18.2 Å². The monoisotopic (exact) mass is 238 g/mol. The van der Waals surface area contributed by atoms with Gasteiger partial charge in [0, 0.05) is 12.1 Å². The Morgan fingerprint density at radius 2 is 2.00 bits per heavy atom. The van der Waals surface area contributed by atoms with Gasteiger partial charge < -0.3 is 20.5 Å². The van der Waals surface area contributed by atoms with Crippen LogP contribution in [-0.2, 0) is 6.54 Å². The first-order valence-electron chi connectivity index (χ1n) is 5.94. The van der Waals surface area contributed by atoms with E-state index in [1.165, 1.54) is 0 Å². The van der Waals surface area contributed by atoms with Crippen molar-refractivity contribution in [2.24, 2.45) is 5.73 Å². The number of para-hydroxylation sites is 1. The molecule has 0 atom stereocenters. The number of benzene rings is 1. The second-order valence-electron chi connectivity index (χ2n) is 3.83. The van der Waals surface area contributed by atoms with Gasteiger partial charge in [-0.15, -0.1) is 0 Å². The second-order valence-corrected chi connectivity index (χ2v) is 3.83. The topological polar surface area (TPSA) is 56.5 Å². The molecular formula is C13H22N2O2. The lowest BCUT2D eigenvalue weighted by atomic mass is 10.2. The third kappa shape index (κ3) is 4.24. The molecular weight excluding hydrogens is 216 g/mol. The molecule has 1 aromatic rings. The summed E-state index contributed by atoms with van der Waals surface area (Å²) in [6.07, 6.45) is 2.16. The highest BCUT2D eigenvalue weighted by molar-refractivity contribution is 5.46.